The summed E-state index contributed by atoms with van der Waals surface area (Å²) in [5.74, 6) is -0.654. The summed E-state index contributed by atoms with van der Waals surface area (Å²) in [5.41, 5.74) is -0.445. The minimum Gasteiger partial charge on any atom is -0.481 e. The first-order valence-corrected chi connectivity index (χ1v) is 5.09. The predicted octanol–water partition coefficient (Wildman–Crippen LogP) is 1.86. The first-order valence-electron chi connectivity index (χ1n) is 4.27. The fourth-order valence-corrected chi connectivity index (χ4v) is 2.38. The molecule has 70 valence electrons. The molecule has 0 radical (unpaired) electrons. The van der Waals surface area contributed by atoms with Crippen molar-refractivity contribution in [1.82, 2.24) is 4.98 Å². The van der Waals surface area contributed by atoms with E-state index in [9.17, 15) is 4.79 Å². The maximum atomic E-state index is 10.9. The van der Waals surface area contributed by atoms with Gasteiger partial charge < -0.3 is 5.11 Å². The Labute approximate surface area is 80.4 Å². The summed E-state index contributed by atoms with van der Waals surface area (Å²) in [6.07, 6.45) is 4.09. The van der Waals surface area contributed by atoms with Gasteiger partial charge in [-0.1, -0.05) is 0 Å². The molecule has 13 heavy (non-hydrogen) atoms. The Morgan fingerprint density at radius 2 is 2.46 bits per heavy atom. The molecule has 1 aromatic rings. The average molecular weight is 197 g/mol. The number of carboxylic acids is 1. The van der Waals surface area contributed by atoms with Crippen LogP contribution in [0.1, 0.15) is 22.7 Å². The summed E-state index contributed by atoms with van der Waals surface area (Å²) >= 11 is 1.60. The Hall–Kier alpha value is -0.900. The van der Waals surface area contributed by atoms with Crippen molar-refractivity contribution in [3.05, 3.63) is 16.1 Å². The van der Waals surface area contributed by atoms with Crippen LogP contribution in [-0.2, 0) is 11.2 Å². The van der Waals surface area contributed by atoms with Crippen molar-refractivity contribution in [1.29, 1.82) is 0 Å². The summed E-state index contributed by atoms with van der Waals surface area (Å²) in [5, 5.41) is 9.97. The summed E-state index contributed by atoms with van der Waals surface area (Å²) in [4.78, 5) is 16.1. The maximum absolute atomic E-state index is 10.9. The molecule has 0 bridgehead atoms. The van der Waals surface area contributed by atoms with Gasteiger partial charge in [0.15, 0.2) is 0 Å². The van der Waals surface area contributed by atoms with Crippen LogP contribution in [0.4, 0.5) is 0 Å². The van der Waals surface area contributed by atoms with Crippen molar-refractivity contribution in [2.45, 2.75) is 26.2 Å². The molecule has 0 unspecified atom stereocenters. The minimum absolute atomic E-state index is 0.445. The molecule has 3 nitrogen and oxygen atoms in total. The number of thiazole rings is 1. The molecule has 1 aliphatic carbocycles. The third-order valence-corrected chi connectivity index (χ3v) is 3.40. The van der Waals surface area contributed by atoms with Crippen LogP contribution in [0.3, 0.4) is 0 Å². The second-order valence-corrected chi connectivity index (χ2v) is 4.93. The minimum atomic E-state index is -0.654. The fraction of sp³-hybridized carbons (Fsp3) is 0.556. The smallest absolute Gasteiger partial charge is 0.310 e. The van der Waals surface area contributed by atoms with Crippen molar-refractivity contribution in [3.8, 4) is 0 Å². The number of hydrogen-bond donors (Lipinski definition) is 1. The maximum Gasteiger partial charge on any atom is 0.310 e. The monoisotopic (exact) mass is 197 g/mol. The van der Waals surface area contributed by atoms with E-state index < -0.39 is 11.4 Å². The number of rotatable bonds is 3. The Bertz CT molecular complexity index is 341. The van der Waals surface area contributed by atoms with Crippen LogP contribution in [-0.4, -0.2) is 16.1 Å². The first-order chi connectivity index (χ1) is 6.12. The van der Waals surface area contributed by atoms with Gasteiger partial charge in [0, 0.05) is 11.1 Å². The van der Waals surface area contributed by atoms with E-state index in [4.69, 9.17) is 5.11 Å². The second-order valence-electron chi connectivity index (χ2n) is 3.61. The lowest BCUT2D eigenvalue weighted by molar-refractivity contribution is -0.143. The number of carbonyl (C=O) groups is 1. The highest BCUT2D eigenvalue weighted by Crippen LogP contribution is 2.49. The molecule has 1 aliphatic rings. The van der Waals surface area contributed by atoms with Gasteiger partial charge in [-0.15, -0.1) is 11.3 Å². The molecule has 0 spiro atoms. The largest absolute Gasteiger partial charge is 0.481 e. The molecule has 4 heteroatoms. The standard InChI is InChI=1S/C9H11NO2S/c1-6-10-5-7(13-6)4-9(2-3-9)8(11)12/h5H,2-4H2,1H3,(H,11,12). The predicted molar refractivity (Wildman–Crippen MR) is 49.9 cm³/mol. The van der Waals surface area contributed by atoms with E-state index in [-0.39, 0.29) is 0 Å². The van der Waals surface area contributed by atoms with Crippen LogP contribution in [0.2, 0.25) is 0 Å². The average Bonchev–Trinajstić information content (AvgIpc) is 2.72. The van der Waals surface area contributed by atoms with Crippen LogP contribution in [0.15, 0.2) is 6.20 Å². The normalized spacial score (nSPS) is 18.5. The van der Waals surface area contributed by atoms with E-state index in [1.807, 2.05) is 6.92 Å². The molecule has 0 amide bonds. The van der Waals surface area contributed by atoms with Gasteiger partial charge >= 0.3 is 5.97 Å². The van der Waals surface area contributed by atoms with Crippen LogP contribution in [0.5, 0.6) is 0 Å². The van der Waals surface area contributed by atoms with Gasteiger partial charge in [0.05, 0.1) is 10.4 Å². The van der Waals surface area contributed by atoms with E-state index in [0.29, 0.717) is 6.42 Å². The molecule has 1 saturated carbocycles. The number of aliphatic carboxylic acids is 1. The SMILES string of the molecule is Cc1ncc(CC2(C(=O)O)CC2)s1. The van der Waals surface area contributed by atoms with Crippen LogP contribution in [0.25, 0.3) is 0 Å². The molecule has 2 rings (SSSR count). The summed E-state index contributed by atoms with van der Waals surface area (Å²) in [6, 6.07) is 0. The molecule has 1 N–H and O–H groups in total. The number of carboxylic acid groups (broad SMARTS) is 1. The quantitative estimate of drug-likeness (QED) is 0.804. The summed E-state index contributed by atoms with van der Waals surface area (Å²) in [6.45, 7) is 1.94. The van der Waals surface area contributed by atoms with Crippen molar-refractivity contribution in [2.24, 2.45) is 5.41 Å². The Morgan fingerprint density at radius 1 is 1.77 bits per heavy atom. The molecule has 1 aromatic heterocycles. The lowest BCUT2D eigenvalue weighted by atomic mass is 10.0. The zero-order valence-electron chi connectivity index (χ0n) is 7.41. The van der Waals surface area contributed by atoms with E-state index >= 15 is 0 Å². The number of aromatic nitrogens is 1. The van der Waals surface area contributed by atoms with Crippen molar-refractivity contribution in [2.75, 3.05) is 0 Å². The lowest BCUT2D eigenvalue weighted by Crippen LogP contribution is -2.16. The molecular formula is C9H11NO2S. The molecule has 1 heterocycles. The molecule has 0 aromatic carbocycles. The summed E-state index contributed by atoms with van der Waals surface area (Å²) in [7, 11) is 0. The number of nitrogens with zero attached hydrogens (tertiary/aromatic N) is 1. The van der Waals surface area contributed by atoms with E-state index in [0.717, 1.165) is 22.7 Å². The van der Waals surface area contributed by atoms with Gasteiger partial charge in [-0.2, -0.15) is 0 Å². The van der Waals surface area contributed by atoms with Gasteiger partial charge in [-0.05, 0) is 26.2 Å². The van der Waals surface area contributed by atoms with Crippen molar-refractivity contribution >= 4 is 17.3 Å². The van der Waals surface area contributed by atoms with Gasteiger partial charge in [-0.3, -0.25) is 4.79 Å². The van der Waals surface area contributed by atoms with Crippen molar-refractivity contribution < 1.29 is 9.90 Å². The molecule has 1 fully saturated rings. The Morgan fingerprint density at radius 3 is 2.85 bits per heavy atom. The van der Waals surface area contributed by atoms with Crippen LogP contribution < -0.4 is 0 Å². The molecule has 0 aliphatic heterocycles. The van der Waals surface area contributed by atoms with Crippen LogP contribution >= 0.6 is 11.3 Å². The van der Waals surface area contributed by atoms with Gasteiger partial charge in [0.25, 0.3) is 0 Å². The van der Waals surface area contributed by atoms with Gasteiger partial charge in [0.1, 0.15) is 0 Å². The number of aryl methyl sites for hydroxylation is 1. The zero-order valence-corrected chi connectivity index (χ0v) is 8.23. The second kappa shape index (κ2) is 2.80. The van der Waals surface area contributed by atoms with Gasteiger partial charge in [0.2, 0.25) is 0 Å². The summed E-state index contributed by atoms with van der Waals surface area (Å²) < 4.78 is 0. The third-order valence-electron chi connectivity index (χ3n) is 2.49. The molecule has 0 atom stereocenters. The highest BCUT2D eigenvalue weighted by molar-refractivity contribution is 7.11. The fourth-order valence-electron chi connectivity index (χ4n) is 1.44. The lowest BCUT2D eigenvalue weighted by Gasteiger charge is -2.05. The highest BCUT2D eigenvalue weighted by atomic mass is 32.1. The van der Waals surface area contributed by atoms with Crippen LogP contribution in [0, 0.1) is 12.3 Å². The Kier molecular flexibility index (Phi) is 1.87. The van der Waals surface area contributed by atoms with E-state index in [1.165, 1.54) is 0 Å². The van der Waals surface area contributed by atoms with E-state index in [1.54, 1.807) is 17.5 Å². The zero-order chi connectivity index (χ0) is 9.47. The molecule has 0 saturated heterocycles. The number of hydrogen-bond acceptors (Lipinski definition) is 3. The highest BCUT2D eigenvalue weighted by Gasteiger charge is 2.50. The Balaban J connectivity index is 2.10. The topological polar surface area (TPSA) is 50.2 Å². The van der Waals surface area contributed by atoms with E-state index in [2.05, 4.69) is 4.98 Å². The van der Waals surface area contributed by atoms with Gasteiger partial charge in [-0.25, -0.2) is 4.98 Å². The third kappa shape index (κ3) is 1.58. The van der Waals surface area contributed by atoms with Crippen molar-refractivity contribution in [3.63, 3.8) is 0 Å². The molecular weight excluding hydrogens is 186 g/mol. The first kappa shape index (κ1) is 8.69.